The van der Waals surface area contributed by atoms with Crippen LogP contribution in [0.3, 0.4) is 0 Å². The first-order valence-electron chi connectivity index (χ1n) is 9.51. The number of rotatable bonds is 8. The van der Waals surface area contributed by atoms with Crippen molar-refractivity contribution in [1.82, 2.24) is 10.3 Å². The van der Waals surface area contributed by atoms with Crippen LogP contribution in [0.5, 0.6) is 5.75 Å². The number of amides is 2. The molecule has 0 aliphatic carbocycles. The predicted octanol–water partition coefficient (Wildman–Crippen LogP) is 1.91. The number of carbonyl (C=O) groups is 2. The lowest BCUT2D eigenvalue weighted by Gasteiger charge is -2.23. The first-order valence-corrected chi connectivity index (χ1v) is 9.51. The summed E-state index contributed by atoms with van der Waals surface area (Å²) in [5.74, 6) is 1.03. The molecule has 2 heterocycles. The largest absolute Gasteiger partial charge is 0.497 e. The molecule has 28 heavy (non-hydrogen) atoms. The molecule has 1 aliphatic heterocycles. The van der Waals surface area contributed by atoms with Gasteiger partial charge in [0.2, 0.25) is 5.91 Å². The fourth-order valence-electron chi connectivity index (χ4n) is 3.42. The summed E-state index contributed by atoms with van der Waals surface area (Å²) < 4.78 is 5.14. The Morgan fingerprint density at radius 3 is 2.68 bits per heavy atom. The van der Waals surface area contributed by atoms with Crippen LogP contribution in [0.15, 0.2) is 42.6 Å². The van der Waals surface area contributed by atoms with Gasteiger partial charge in [-0.05, 0) is 55.5 Å². The maximum absolute atomic E-state index is 12.3. The van der Waals surface area contributed by atoms with E-state index in [9.17, 15) is 9.59 Å². The third-order valence-electron chi connectivity index (χ3n) is 4.97. The smallest absolute Gasteiger partial charge is 0.252 e. The van der Waals surface area contributed by atoms with Gasteiger partial charge in [-0.25, -0.2) is 4.98 Å². The van der Waals surface area contributed by atoms with Gasteiger partial charge in [0, 0.05) is 19.3 Å². The van der Waals surface area contributed by atoms with Crippen LogP contribution < -0.4 is 20.7 Å². The summed E-state index contributed by atoms with van der Waals surface area (Å²) >= 11 is 0. The maximum Gasteiger partial charge on any atom is 0.252 e. The van der Waals surface area contributed by atoms with Gasteiger partial charge in [-0.3, -0.25) is 9.59 Å². The number of hydrogen-bond acceptors (Lipinski definition) is 5. The normalized spacial score (nSPS) is 16.0. The highest BCUT2D eigenvalue weighted by Gasteiger charge is 2.29. The lowest BCUT2D eigenvalue weighted by atomic mass is 10.1. The van der Waals surface area contributed by atoms with Gasteiger partial charge in [0.25, 0.3) is 5.91 Å². The van der Waals surface area contributed by atoms with E-state index in [4.69, 9.17) is 10.5 Å². The average Bonchev–Trinajstić information content (AvgIpc) is 3.22. The number of nitrogens with two attached hydrogens (primary N) is 1. The number of benzene rings is 1. The van der Waals surface area contributed by atoms with E-state index in [-0.39, 0.29) is 17.9 Å². The van der Waals surface area contributed by atoms with Crippen molar-refractivity contribution in [2.45, 2.75) is 31.7 Å². The van der Waals surface area contributed by atoms with Crippen LogP contribution in [-0.2, 0) is 11.2 Å². The number of aromatic nitrogens is 1. The second-order valence-corrected chi connectivity index (χ2v) is 6.87. The van der Waals surface area contributed by atoms with Crippen molar-refractivity contribution in [3.05, 3.63) is 53.7 Å². The molecule has 2 amide bonds. The minimum absolute atomic E-state index is 0.151. The Balaban J connectivity index is 1.47. The first-order chi connectivity index (χ1) is 13.6. The van der Waals surface area contributed by atoms with Crippen molar-refractivity contribution < 1.29 is 14.3 Å². The number of carbonyl (C=O) groups excluding carboxylic acids is 2. The molecule has 0 saturated carbocycles. The number of methoxy groups -OCH3 is 1. The number of primary amides is 1. The zero-order valence-electron chi connectivity index (χ0n) is 16.1. The topological polar surface area (TPSA) is 97.5 Å². The van der Waals surface area contributed by atoms with Crippen LogP contribution in [0.1, 0.15) is 35.2 Å². The van der Waals surface area contributed by atoms with Gasteiger partial charge in [-0.1, -0.05) is 12.1 Å². The number of nitrogens with zero attached hydrogens (tertiary/aromatic N) is 2. The Labute approximate surface area is 164 Å². The van der Waals surface area contributed by atoms with Crippen molar-refractivity contribution in [2.24, 2.45) is 5.73 Å². The molecule has 1 aromatic heterocycles. The lowest BCUT2D eigenvalue weighted by molar-refractivity contribution is -0.119. The van der Waals surface area contributed by atoms with E-state index < -0.39 is 0 Å². The van der Waals surface area contributed by atoms with E-state index in [1.807, 2.05) is 29.2 Å². The number of ether oxygens (including phenoxy) is 1. The van der Waals surface area contributed by atoms with E-state index in [1.54, 1.807) is 25.4 Å². The molecule has 148 valence electrons. The van der Waals surface area contributed by atoms with Crippen molar-refractivity contribution >= 4 is 17.6 Å². The van der Waals surface area contributed by atoms with E-state index in [0.717, 1.165) is 38.0 Å². The minimum Gasteiger partial charge on any atom is -0.497 e. The Bertz CT molecular complexity index is 805. The second kappa shape index (κ2) is 9.21. The number of aryl methyl sites for hydroxylation is 1. The molecule has 3 N–H and O–H groups in total. The third kappa shape index (κ3) is 4.79. The SMILES string of the molecule is COc1ccc(CCCNC(=O)c2ccc(N3CCC[C@H]3C(N)=O)nc2)cc1. The quantitative estimate of drug-likeness (QED) is 0.680. The molecule has 7 heteroatoms. The molecule has 0 spiro atoms. The molecule has 0 radical (unpaired) electrons. The van der Waals surface area contributed by atoms with E-state index in [2.05, 4.69) is 10.3 Å². The zero-order chi connectivity index (χ0) is 19.9. The van der Waals surface area contributed by atoms with Crippen LogP contribution in [0.25, 0.3) is 0 Å². The molecule has 1 fully saturated rings. The van der Waals surface area contributed by atoms with E-state index >= 15 is 0 Å². The first kappa shape index (κ1) is 19.7. The standard InChI is InChI=1S/C21H26N4O3/c1-28-17-9-6-15(7-10-17)4-2-12-23-21(27)16-8-11-19(24-14-16)25-13-3-5-18(25)20(22)26/h6-11,14,18H,2-5,12-13H2,1H3,(H2,22,26)(H,23,27)/t18-/m0/s1. The number of hydrogen-bond donors (Lipinski definition) is 2. The maximum atomic E-state index is 12.3. The highest BCUT2D eigenvalue weighted by Crippen LogP contribution is 2.23. The summed E-state index contributed by atoms with van der Waals surface area (Å²) in [7, 11) is 1.65. The van der Waals surface area contributed by atoms with Gasteiger partial charge in [-0.15, -0.1) is 0 Å². The van der Waals surface area contributed by atoms with Gasteiger partial charge in [0.1, 0.15) is 17.6 Å². The zero-order valence-corrected chi connectivity index (χ0v) is 16.1. The molecule has 1 atom stereocenters. The van der Waals surface area contributed by atoms with Crippen LogP contribution in [-0.4, -0.2) is 43.0 Å². The summed E-state index contributed by atoms with van der Waals surface area (Å²) in [6.45, 7) is 1.33. The fraction of sp³-hybridized carbons (Fsp3) is 0.381. The van der Waals surface area contributed by atoms with E-state index in [0.29, 0.717) is 17.9 Å². The Kier molecular flexibility index (Phi) is 6.47. The molecule has 1 aliphatic rings. The average molecular weight is 382 g/mol. The number of anilines is 1. The molecule has 1 aromatic carbocycles. The third-order valence-corrected chi connectivity index (χ3v) is 4.97. The number of pyridine rings is 1. The summed E-state index contributed by atoms with van der Waals surface area (Å²) in [5, 5.41) is 2.92. The second-order valence-electron chi connectivity index (χ2n) is 6.87. The van der Waals surface area contributed by atoms with Gasteiger partial charge in [0.05, 0.1) is 12.7 Å². The molecule has 0 bridgehead atoms. The van der Waals surface area contributed by atoms with Crippen molar-refractivity contribution in [2.75, 3.05) is 25.1 Å². The van der Waals surface area contributed by atoms with Crippen molar-refractivity contribution in [1.29, 1.82) is 0 Å². The summed E-state index contributed by atoms with van der Waals surface area (Å²) in [6, 6.07) is 11.1. The van der Waals surface area contributed by atoms with Crippen LogP contribution >= 0.6 is 0 Å². The van der Waals surface area contributed by atoms with E-state index in [1.165, 1.54) is 5.56 Å². The minimum atomic E-state index is -0.335. The molecular weight excluding hydrogens is 356 g/mol. The lowest BCUT2D eigenvalue weighted by Crippen LogP contribution is -2.40. The summed E-state index contributed by atoms with van der Waals surface area (Å²) in [4.78, 5) is 30.1. The fourth-order valence-corrected chi connectivity index (χ4v) is 3.42. The number of nitrogens with one attached hydrogen (secondary N) is 1. The van der Waals surface area contributed by atoms with Gasteiger partial charge in [-0.2, -0.15) is 0 Å². The van der Waals surface area contributed by atoms with Crippen LogP contribution in [0, 0.1) is 0 Å². The van der Waals surface area contributed by atoms with Crippen molar-refractivity contribution in [3.8, 4) is 5.75 Å². The molecule has 2 aromatic rings. The Hall–Kier alpha value is -3.09. The van der Waals surface area contributed by atoms with Gasteiger partial charge in [0.15, 0.2) is 0 Å². The van der Waals surface area contributed by atoms with Crippen LogP contribution in [0.2, 0.25) is 0 Å². The Morgan fingerprint density at radius 1 is 1.25 bits per heavy atom. The molecule has 1 saturated heterocycles. The summed E-state index contributed by atoms with van der Waals surface area (Å²) in [5.41, 5.74) is 7.16. The van der Waals surface area contributed by atoms with Crippen molar-refractivity contribution in [3.63, 3.8) is 0 Å². The van der Waals surface area contributed by atoms with Crippen LogP contribution in [0.4, 0.5) is 5.82 Å². The summed E-state index contributed by atoms with van der Waals surface area (Å²) in [6.07, 6.45) is 4.92. The highest BCUT2D eigenvalue weighted by atomic mass is 16.5. The molecule has 0 unspecified atom stereocenters. The Morgan fingerprint density at radius 2 is 2.04 bits per heavy atom. The monoisotopic (exact) mass is 382 g/mol. The van der Waals surface area contributed by atoms with Gasteiger partial charge < -0.3 is 20.7 Å². The molecular formula is C21H26N4O3. The predicted molar refractivity (Wildman–Crippen MR) is 107 cm³/mol. The molecule has 3 rings (SSSR count). The molecule has 7 nitrogen and oxygen atoms in total. The van der Waals surface area contributed by atoms with Gasteiger partial charge >= 0.3 is 0 Å². The highest BCUT2D eigenvalue weighted by molar-refractivity contribution is 5.94.